The van der Waals surface area contributed by atoms with Gasteiger partial charge in [0.1, 0.15) is 17.3 Å². The monoisotopic (exact) mass is 484 g/mol. The van der Waals surface area contributed by atoms with Crippen molar-refractivity contribution in [2.45, 2.75) is 25.9 Å². The SMILES string of the molecule is COc1ccc(Cn2c(CN3CCC[C@H](C(=O)Nc4ccc(OC)cc4)C3)nc3ccccc32)cc1. The first-order valence-corrected chi connectivity index (χ1v) is 12.4. The average Bonchev–Trinajstić information content (AvgIpc) is 3.26. The van der Waals surface area contributed by atoms with Crippen molar-refractivity contribution in [1.29, 1.82) is 0 Å². The summed E-state index contributed by atoms with van der Waals surface area (Å²) in [6, 6.07) is 23.9. The fourth-order valence-electron chi connectivity index (χ4n) is 4.87. The Hall–Kier alpha value is -3.84. The molecule has 7 nitrogen and oxygen atoms in total. The third-order valence-corrected chi connectivity index (χ3v) is 6.83. The summed E-state index contributed by atoms with van der Waals surface area (Å²) in [5.74, 6) is 2.65. The third-order valence-electron chi connectivity index (χ3n) is 6.83. The maximum absolute atomic E-state index is 13.0. The topological polar surface area (TPSA) is 68.6 Å². The first-order chi connectivity index (χ1) is 17.6. The fourth-order valence-corrected chi connectivity index (χ4v) is 4.87. The molecule has 7 heteroatoms. The van der Waals surface area contributed by atoms with E-state index in [0.29, 0.717) is 13.1 Å². The number of imidazole rings is 1. The molecule has 3 aromatic carbocycles. The number of ether oxygens (including phenoxy) is 2. The number of nitrogens with one attached hydrogen (secondary N) is 1. The van der Waals surface area contributed by atoms with Crippen molar-refractivity contribution in [2.24, 2.45) is 5.92 Å². The molecule has 0 saturated carbocycles. The van der Waals surface area contributed by atoms with Crippen LogP contribution in [0.5, 0.6) is 11.5 Å². The molecule has 0 unspecified atom stereocenters. The largest absolute Gasteiger partial charge is 0.497 e. The van der Waals surface area contributed by atoms with Gasteiger partial charge >= 0.3 is 0 Å². The lowest BCUT2D eigenvalue weighted by molar-refractivity contribution is -0.121. The Morgan fingerprint density at radius 3 is 2.36 bits per heavy atom. The van der Waals surface area contributed by atoms with Crippen LogP contribution in [0.3, 0.4) is 0 Å². The highest BCUT2D eigenvalue weighted by atomic mass is 16.5. The molecule has 0 spiro atoms. The van der Waals surface area contributed by atoms with E-state index < -0.39 is 0 Å². The molecule has 1 saturated heterocycles. The second-order valence-electron chi connectivity index (χ2n) is 9.24. The second-order valence-corrected chi connectivity index (χ2v) is 9.24. The third kappa shape index (κ3) is 5.36. The van der Waals surface area contributed by atoms with Crippen molar-refractivity contribution >= 4 is 22.6 Å². The van der Waals surface area contributed by atoms with Crippen LogP contribution in [0, 0.1) is 5.92 Å². The number of fused-ring (bicyclic) bond motifs is 1. The van der Waals surface area contributed by atoms with Crippen LogP contribution in [-0.4, -0.2) is 47.7 Å². The molecule has 0 bridgehead atoms. The molecule has 186 valence electrons. The molecule has 36 heavy (non-hydrogen) atoms. The summed E-state index contributed by atoms with van der Waals surface area (Å²) < 4.78 is 12.8. The Balaban J connectivity index is 1.30. The van der Waals surface area contributed by atoms with Gasteiger partial charge in [0.05, 0.1) is 37.7 Å². The lowest BCUT2D eigenvalue weighted by atomic mass is 9.97. The van der Waals surface area contributed by atoms with Crippen molar-refractivity contribution in [1.82, 2.24) is 14.5 Å². The number of hydrogen-bond acceptors (Lipinski definition) is 5. The average molecular weight is 485 g/mol. The molecule has 1 fully saturated rings. The smallest absolute Gasteiger partial charge is 0.228 e. The van der Waals surface area contributed by atoms with E-state index in [4.69, 9.17) is 14.5 Å². The molecular formula is C29H32N4O3. The number of benzene rings is 3. The summed E-state index contributed by atoms with van der Waals surface area (Å²) in [5.41, 5.74) is 4.09. The number of aromatic nitrogens is 2. The van der Waals surface area contributed by atoms with Crippen LogP contribution in [0.1, 0.15) is 24.2 Å². The predicted molar refractivity (Wildman–Crippen MR) is 141 cm³/mol. The van der Waals surface area contributed by atoms with Crippen LogP contribution in [0.4, 0.5) is 5.69 Å². The number of anilines is 1. The number of likely N-dealkylation sites (tertiary alicyclic amines) is 1. The van der Waals surface area contributed by atoms with Crippen molar-refractivity contribution in [3.63, 3.8) is 0 Å². The minimum atomic E-state index is -0.0553. The molecule has 1 amide bonds. The summed E-state index contributed by atoms with van der Waals surface area (Å²) in [6.07, 6.45) is 1.88. The first-order valence-electron chi connectivity index (χ1n) is 12.4. The molecule has 0 aliphatic carbocycles. The summed E-state index contributed by atoms with van der Waals surface area (Å²) in [6.45, 7) is 3.11. The van der Waals surface area contributed by atoms with Gasteiger partial charge in [0, 0.05) is 18.8 Å². The van der Waals surface area contributed by atoms with Crippen molar-refractivity contribution < 1.29 is 14.3 Å². The first kappa shape index (κ1) is 23.9. The van der Waals surface area contributed by atoms with Crippen LogP contribution >= 0.6 is 0 Å². The molecule has 5 rings (SSSR count). The number of para-hydroxylation sites is 2. The zero-order chi connectivity index (χ0) is 24.9. The number of carbonyl (C=O) groups is 1. The van der Waals surface area contributed by atoms with Crippen LogP contribution in [0.2, 0.25) is 0 Å². The van der Waals surface area contributed by atoms with Crippen LogP contribution in [-0.2, 0) is 17.9 Å². The van der Waals surface area contributed by atoms with Gasteiger partial charge in [0.2, 0.25) is 5.91 Å². The molecule has 4 aromatic rings. The van der Waals surface area contributed by atoms with Crippen molar-refractivity contribution in [3.05, 3.63) is 84.2 Å². The molecule has 1 aliphatic heterocycles. The zero-order valence-corrected chi connectivity index (χ0v) is 20.8. The maximum Gasteiger partial charge on any atom is 0.228 e. The normalized spacial score (nSPS) is 16.1. The van der Waals surface area contributed by atoms with Crippen LogP contribution in [0.25, 0.3) is 11.0 Å². The standard InChI is InChI=1S/C29H32N4O3/c1-35-24-13-9-21(10-14-24)18-33-27-8-4-3-7-26(27)31-28(33)20-32-17-5-6-22(19-32)29(34)30-23-11-15-25(36-2)16-12-23/h3-4,7-16,22H,5-6,17-20H2,1-2H3,(H,30,34)/t22-/m0/s1. The van der Waals surface area contributed by atoms with Gasteiger partial charge in [0.25, 0.3) is 0 Å². The highest BCUT2D eigenvalue weighted by Gasteiger charge is 2.27. The van der Waals surface area contributed by atoms with E-state index in [0.717, 1.165) is 60.0 Å². The highest BCUT2D eigenvalue weighted by molar-refractivity contribution is 5.92. The number of carbonyl (C=O) groups excluding carboxylic acids is 1. The number of amides is 1. The zero-order valence-electron chi connectivity index (χ0n) is 20.8. The van der Waals surface area contributed by atoms with Crippen LogP contribution in [0.15, 0.2) is 72.8 Å². The van der Waals surface area contributed by atoms with Crippen molar-refractivity contribution in [2.75, 3.05) is 32.6 Å². The van der Waals surface area contributed by atoms with Crippen LogP contribution < -0.4 is 14.8 Å². The summed E-state index contributed by atoms with van der Waals surface area (Å²) in [4.78, 5) is 20.4. The number of methoxy groups -OCH3 is 2. The van der Waals surface area contributed by atoms with Gasteiger partial charge in [0.15, 0.2) is 0 Å². The highest BCUT2D eigenvalue weighted by Crippen LogP contribution is 2.24. The van der Waals surface area contributed by atoms with E-state index in [1.807, 2.05) is 42.5 Å². The number of piperidine rings is 1. The Morgan fingerprint density at radius 1 is 0.944 bits per heavy atom. The van der Waals surface area contributed by atoms with E-state index in [-0.39, 0.29) is 11.8 Å². The van der Waals surface area contributed by atoms with E-state index in [2.05, 4.69) is 45.1 Å². The quantitative estimate of drug-likeness (QED) is 0.383. The molecule has 1 N–H and O–H groups in total. The Labute approximate surface area is 211 Å². The van der Waals surface area contributed by atoms with E-state index in [1.165, 1.54) is 5.56 Å². The molecule has 2 heterocycles. The maximum atomic E-state index is 13.0. The van der Waals surface area contributed by atoms with Gasteiger partial charge in [-0.25, -0.2) is 4.98 Å². The Kier molecular flexibility index (Phi) is 7.18. The molecule has 1 aliphatic rings. The minimum Gasteiger partial charge on any atom is -0.497 e. The van der Waals surface area contributed by atoms with E-state index in [9.17, 15) is 4.79 Å². The summed E-state index contributed by atoms with van der Waals surface area (Å²) >= 11 is 0. The summed E-state index contributed by atoms with van der Waals surface area (Å²) in [5, 5.41) is 3.07. The lowest BCUT2D eigenvalue weighted by Crippen LogP contribution is -2.40. The van der Waals surface area contributed by atoms with Gasteiger partial charge in [-0.3, -0.25) is 9.69 Å². The lowest BCUT2D eigenvalue weighted by Gasteiger charge is -2.31. The number of hydrogen-bond donors (Lipinski definition) is 1. The van der Waals surface area contributed by atoms with Gasteiger partial charge < -0.3 is 19.4 Å². The van der Waals surface area contributed by atoms with Crippen molar-refractivity contribution in [3.8, 4) is 11.5 Å². The second kappa shape index (κ2) is 10.8. The van der Waals surface area contributed by atoms with E-state index >= 15 is 0 Å². The van der Waals surface area contributed by atoms with E-state index in [1.54, 1.807) is 14.2 Å². The predicted octanol–water partition coefficient (Wildman–Crippen LogP) is 4.95. The Bertz CT molecular complexity index is 1310. The van der Waals surface area contributed by atoms with Gasteiger partial charge in [-0.05, 0) is 73.5 Å². The number of rotatable bonds is 8. The number of nitrogens with zero attached hydrogens (tertiary/aromatic N) is 3. The fraction of sp³-hybridized carbons (Fsp3) is 0.310. The van der Waals surface area contributed by atoms with Gasteiger partial charge in [-0.15, -0.1) is 0 Å². The minimum absolute atomic E-state index is 0.0553. The molecular weight excluding hydrogens is 452 g/mol. The molecule has 1 aromatic heterocycles. The van der Waals surface area contributed by atoms with Gasteiger partial charge in [-0.2, -0.15) is 0 Å². The van der Waals surface area contributed by atoms with Gasteiger partial charge in [-0.1, -0.05) is 24.3 Å². The molecule has 0 radical (unpaired) electrons. The Morgan fingerprint density at radius 2 is 1.64 bits per heavy atom. The molecule has 1 atom stereocenters. The summed E-state index contributed by atoms with van der Waals surface area (Å²) in [7, 11) is 3.31.